The minimum atomic E-state index is -0.189. The smallest absolute Gasteiger partial charge is 0.246 e. The zero-order chi connectivity index (χ0) is 10.6. The molecule has 0 saturated carbocycles. The molecule has 0 aliphatic rings. The quantitative estimate of drug-likeness (QED) is 0.383. The molecule has 0 fully saturated rings. The molecule has 0 aromatic heterocycles. The van der Waals surface area contributed by atoms with Gasteiger partial charge < -0.3 is 25.6 Å². The highest BCUT2D eigenvalue weighted by atomic mass is 16.5. The van der Waals surface area contributed by atoms with Crippen LogP contribution in [0.3, 0.4) is 0 Å². The van der Waals surface area contributed by atoms with Crippen LogP contribution in [0.4, 0.5) is 0 Å². The van der Waals surface area contributed by atoms with Gasteiger partial charge in [-0.3, -0.25) is 4.79 Å². The van der Waals surface area contributed by atoms with Crippen LogP contribution in [0.5, 0.6) is 0 Å². The van der Waals surface area contributed by atoms with Gasteiger partial charge in [-0.05, 0) is 0 Å². The van der Waals surface area contributed by atoms with Crippen LogP contribution in [0.2, 0.25) is 0 Å². The Morgan fingerprint density at radius 1 is 1.29 bits per heavy atom. The van der Waals surface area contributed by atoms with Crippen molar-refractivity contribution in [3.05, 3.63) is 0 Å². The van der Waals surface area contributed by atoms with E-state index >= 15 is 0 Å². The Labute approximate surface area is 83.4 Å². The van der Waals surface area contributed by atoms with Crippen molar-refractivity contribution in [2.75, 3.05) is 46.1 Å². The minimum Gasteiger partial charge on any atom is -0.394 e. The van der Waals surface area contributed by atoms with Gasteiger partial charge in [-0.1, -0.05) is 0 Å². The van der Waals surface area contributed by atoms with Crippen molar-refractivity contribution < 1.29 is 19.4 Å². The fourth-order valence-electron chi connectivity index (χ4n) is 0.728. The molecule has 84 valence electrons. The zero-order valence-corrected chi connectivity index (χ0v) is 8.20. The van der Waals surface area contributed by atoms with E-state index in [1.165, 1.54) is 0 Å². The summed E-state index contributed by atoms with van der Waals surface area (Å²) >= 11 is 0. The van der Waals surface area contributed by atoms with Crippen molar-refractivity contribution in [1.82, 2.24) is 5.32 Å². The van der Waals surface area contributed by atoms with Crippen molar-refractivity contribution in [1.29, 1.82) is 0 Å². The normalized spacial score (nSPS) is 10.1. The number of nitrogens with one attached hydrogen (secondary N) is 1. The summed E-state index contributed by atoms with van der Waals surface area (Å²) in [5, 5.41) is 11.0. The number of amides is 1. The molecule has 0 spiro atoms. The SMILES string of the molecule is NCCOCC(=O)NCCOCCO. The molecule has 0 unspecified atom stereocenters. The van der Waals surface area contributed by atoms with Crippen LogP contribution in [0.1, 0.15) is 0 Å². The van der Waals surface area contributed by atoms with Gasteiger partial charge in [0.25, 0.3) is 0 Å². The van der Waals surface area contributed by atoms with Crippen molar-refractivity contribution in [3.8, 4) is 0 Å². The average molecular weight is 206 g/mol. The molecule has 4 N–H and O–H groups in total. The van der Waals surface area contributed by atoms with E-state index in [9.17, 15) is 4.79 Å². The molecule has 6 heteroatoms. The van der Waals surface area contributed by atoms with Crippen LogP contribution in [-0.2, 0) is 14.3 Å². The lowest BCUT2D eigenvalue weighted by molar-refractivity contribution is -0.125. The predicted octanol–water partition coefficient (Wildman–Crippen LogP) is -1.91. The Balaban J connectivity index is 3.10. The number of aliphatic hydroxyl groups is 1. The molecule has 0 rings (SSSR count). The molecule has 0 radical (unpaired) electrons. The van der Waals surface area contributed by atoms with Crippen LogP contribution >= 0.6 is 0 Å². The second kappa shape index (κ2) is 10.4. The Morgan fingerprint density at radius 3 is 2.71 bits per heavy atom. The van der Waals surface area contributed by atoms with Crippen LogP contribution in [0, 0.1) is 0 Å². The highest BCUT2D eigenvalue weighted by molar-refractivity contribution is 5.77. The van der Waals surface area contributed by atoms with Crippen LogP contribution < -0.4 is 11.1 Å². The predicted molar refractivity (Wildman–Crippen MR) is 50.8 cm³/mol. The molecule has 0 aliphatic heterocycles. The summed E-state index contributed by atoms with van der Waals surface area (Å²) in [5.41, 5.74) is 5.17. The number of ether oxygens (including phenoxy) is 2. The standard InChI is InChI=1S/C8H18N2O4/c9-1-4-14-7-8(12)10-2-5-13-6-3-11/h11H,1-7,9H2,(H,10,12). The van der Waals surface area contributed by atoms with E-state index in [-0.39, 0.29) is 19.1 Å². The molecule has 0 aliphatic carbocycles. The Kier molecular flexibility index (Phi) is 9.88. The number of carbonyl (C=O) groups is 1. The lowest BCUT2D eigenvalue weighted by Gasteiger charge is -2.05. The number of carbonyl (C=O) groups excluding carboxylic acids is 1. The highest BCUT2D eigenvalue weighted by Gasteiger charge is 1.99. The van der Waals surface area contributed by atoms with E-state index in [2.05, 4.69) is 5.32 Å². The number of aliphatic hydroxyl groups excluding tert-OH is 1. The first kappa shape index (κ1) is 13.3. The van der Waals surface area contributed by atoms with Gasteiger partial charge in [-0.2, -0.15) is 0 Å². The Bertz CT molecular complexity index is 143. The summed E-state index contributed by atoms with van der Waals surface area (Å²) in [6, 6.07) is 0. The number of hydrogen-bond acceptors (Lipinski definition) is 5. The van der Waals surface area contributed by atoms with Gasteiger partial charge in [0.1, 0.15) is 6.61 Å². The van der Waals surface area contributed by atoms with E-state index < -0.39 is 0 Å². The van der Waals surface area contributed by atoms with E-state index in [0.29, 0.717) is 32.9 Å². The lowest BCUT2D eigenvalue weighted by Crippen LogP contribution is -2.31. The Hall–Kier alpha value is -0.690. The van der Waals surface area contributed by atoms with E-state index in [1.807, 2.05) is 0 Å². The minimum absolute atomic E-state index is 0.00639. The molecule has 0 aromatic carbocycles. The maximum atomic E-state index is 11.0. The fraction of sp³-hybridized carbons (Fsp3) is 0.875. The summed E-state index contributed by atoms with van der Waals surface area (Å²) in [4.78, 5) is 11.0. The lowest BCUT2D eigenvalue weighted by atomic mass is 10.6. The molecule has 0 saturated heterocycles. The summed E-state index contributed by atoms with van der Waals surface area (Å²) in [6.45, 7) is 1.92. The molecule has 14 heavy (non-hydrogen) atoms. The van der Waals surface area contributed by atoms with Crippen molar-refractivity contribution >= 4 is 5.91 Å². The third-order valence-electron chi connectivity index (χ3n) is 1.30. The molecule has 0 bridgehead atoms. The average Bonchev–Trinajstić information content (AvgIpc) is 2.18. The maximum Gasteiger partial charge on any atom is 0.246 e. The van der Waals surface area contributed by atoms with Crippen molar-refractivity contribution in [2.45, 2.75) is 0 Å². The van der Waals surface area contributed by atoms with Gasteiger partial charge in [0.15, 0.2) is 0 Å². The van der Waals surface area contributed by atoms with Crippen LogP contribution in [0.15, 0.2) is 0 Å². The summed E-state index contributed by atoms with van der Waals surface area (Å²) in [5.74, 6) is -0.189. The molecule has 0 heterocycles. The van der Waals surface area contributed by atoms with Gasteiger partial charge in [-0.25, -0.2) is 0 Å². The summed E-state index contributed by atoms with van der Waals surface area (Å²) in [6.07, 6.45) is 0. The monoisotopic (exact) mass is 206 g/mol. The van der Waals surface area contributed by atoms with Crippen LogP contribution in [0.25, 0.3) is 0 Å². The van der Waals surface area contributed by atoms with Gasteiger partial charge in [0.2, 0.25) is 5.91 Å². The first-order valence-electron chi connectivity index (χ1n) is 4.54. The molecule has 0 atom stereocenters. The largest absolute Gasteiger partial charge is 0.394 e. The van der Waals surface area contributed by atoms with E-state index in [0.717, 1.165) is 0 Å². The summed E-state index contributed by atoms with van der Waals surface area (Å²) in [7, 11) is 0. The second-order valence-electron chi connectivity index (χ2n) is 2.53. The van der Waals surface area contributed by atoms with Crippen molar-refractivity contribution in [3.63, 3.8) is 0 Å². The summed E-state index contributed by atoms with van der Waals surface area (Å²) < 4.78 is 9.84. The first-order chi connectivity index (χ1) is 6.81. The molecular formula is C8H18N2O4. The third kappa shape index (κ3) is 9.40. The third-order valence-corrected chi connectivity index (χ3v) is 1.30. The Morgan fingerprint density at radius 2 is 2.07 bits per heavy atom. The van der Waals surface area contributed by atoms with Gasteiger partial charge in [-0.15, -0.1) is 0 Å². The fourth-order valence-corrected chi connectivity index (χ4v) is 0.728. The van der Waals surface area contributed by atoms with Gasteiger partial charge in [0, 0.05) is 13.1 Å². The molecule has 0 aromatic rings. The van der Waals surface area contributed by atoms with Gasteiger partial charge in [0.05, 0.1) is 26.4 Å². The molecular weight excluding hydrogens is 188 g/mol. The molecule has 6 nitrogen and oxygen atoms in total. The second-order valence-corrected chi connectivity index (χ2v) is 2.53. The number of rotatable bonds is 9. The van der Waals surface area contributed by atoms with E-state index in [4.69, 9.17) is 20.3 Å². The first-order valence-corrected chi connectivity index (χ1v) is 4.54. The molecule has 1 amide bonds. The highest BCUT2D eigenvalue weighted by Crippen LogP contribution is 1.75. The number of nitrogens with two attached hydrogens (primary N) is 1. The van der Waals surface area contributed by atoms with Crippen LogP contribution in [-0.4, -0.2) is 57.1 Å². The van der Waals surface area contributed by atoms with Crippen molar-refractivity contribution in [2.24, 2.45) is 5.73 Å². The zero-order valence-electron chi connectivity index (χ0n) is 8.20. The van der Waals surface area contributed by atoms with E-state index in [1.54, 1.807) is 0 Å². The number of hydrogen-bond donors (Lipinski definition) is 3. The maximum absolute atomic E-state index is 11.0. The topological polar surface area (TPSA) is 93.8 Å². The van der Waals surface area contributed by atoms with Gasteiger partial charge >= 0.3 is 0 Å².